The first kappa shape index (κ1) is 36.1. The summed E-state index contributed by atoms with van der Waals surface area (Å²) in [6.07, 6.45) is 17.0. The lowest BCUT2D eigenvalue weighted by atomic mass is 10.1. The van der Waals surface area contributed by atoms with E-state index in [1.165, 1.54) is 104 Å². The van der Waals surface area contributed by atoms with Gasteiger partial charge in [0.2, 0.25) is 0 Å². The molecule has 226 valence electrons. The van der Waals surface area contributed by atoms with Crippen molar-refractivity contribution in [2.75, 3.05) is 12.4 Å². The number of esters is 1. The van der Waals surface area contributed by atoms with E-state index in [1.54, 1.807) is 0 Å². The molecular formula is C32H49BF4O2S. The van der Waals surface area contributed by atoms with Crippen LogP contribution in [-0.2, 0) is 26.8 Å². The molecule has 8 heteroatoms. The van der Waals surface area contributed by atoms with Crippen LogP contribution in [0.3, 0.4) is 0 Å². The summed E-state index contributed by atoms with van der Waals surface area (Å²) in [6.45, 7) is 8.86. The number of ether oxygens (including phenoxy) is 1. The van der Waals surface area contributed by atoms with Crippen molar-refractivity contribution in [2.24, 2.45) is 0 Å². The average molecular weight is 585 g/mol. The van der Waals surface area contributed by atoms with Crippen LogP contribution >= 0.6 is 0 Å². The molecule has 0 aliphatic heterocycles. The largest absolute Gasteiger partial charge is 0.673 e. The van der Waals surface area contributed by atoms with Crippen LogP contribution in [0.1, 0.15) is 108 Å². The van der Waals surface area contributed by atoms with Gasteiger partial charge in [0.05, 0.1) is 23.9 Å². The Kier molecular flexibility index (Phi) is 18.8. The minimum Gasteiger partial charge on any atom is -0.466 e. The first-order valence-corrected chi connectivity index (χ1v) is 16.3. The summed E-state index contributed by atoms with van der Waals surface area (Å²) in [7, 11) is -5.92. The van der Waals surface area contributed by atoms with Crippen LogP contribution in [0.4, 0.5) is 17.3 Å². The van der Waals surface area contributed by atoms with Crippen LogP contribution in [-0.4, -0.2) is 25.6 Å². The second-order valence-corrected chi connectivity index (χ2v) is 12.5. The van der Waals surface area contributed by atoms with E-state index in [2.05, 4.69) is 63.2 Å². The highest BCUT2D eigenvalue weighted by Gasteiger charge is 2.25. The molecule has 0 radical (unpaired) electrons. The highest BCUT2D eigenvalue weighted by atomic mass is 32.2. The van der Waals surface area contributed by atoms with E-state index in [4.69, 9.17) is 4.74 Å². The molecule has 1 atom stereocenters. The Hall–Kier alpha value is -1.96. The van der Waals surface area contributed by atoms with E-state index in [9.17, 15) is 22.1 Å². The SMILES string of the molecule is CCCCCCCCCCCCCC[S+](c1ccc(C)cc1)c1ccc(CC(=O)OCC)c(C)c1.F[B-](F)(F)F. The van der Waals surface area contributed by atoms with Crippen LogP contribution in [0, 0.1) is 13.8 Å². The first-order valence-electron chi connectivity index (χ1n) is 14.9. The van der Waals surface area contributed by atoms with Gasteiger partial charge in [-0.1, -0.05) is 94.9 Å². The maximum Gasteiger partial charge on any atom is 0.673 e. The maximum atomic E-state index is 12.0. The zero-order valence-electron chi connectivity index (χ0n) is 25.0. The lowest BCUT2D eigenvalue weighted by Gasteiger charge is -2.12. The van der Waals surface area contributed by atoms with Gasteiger partial charge in [-0.25, -0.2) is 0 Å². The Morgan fingerprint density at radius 1 is 0.725 bits per heavy atom. The molecule has 0 aromatic heterocycles. The molecule has 0 fully saturated rings. The lowest BCUT2D eigenvalue weighted by molar-refractivity contribution is -0.142. The monoisotopic (exact) mass is 584 g/mol. The van der Waals surface area contributed by atoms with Crippen molar-refractivity contribution in [3.05, 3.63) is 59.2 Å². The molecule has 0 aliphatic rings. The average Bonchev–Trinajstić information content (AvgIpc) is 2.88. The van der Waals surface area contributed by atoms with Gasteiger partial charge >= 0.3 is 13.2 Å². The molecule has 0 heterocycles. The van der Waals surface area contributed by atoms with Crippen molar-refractivity contribution >= 4 is 24.1 Å². The zero-order valence-corrected chi connectivity index (χ0v) is 25.8. The molecule has 0 amide bonds. The number of carbonyl (C=O) groups is 1. The third kappa shape index (κ3) is 17.7. The fourth-order valence-corrected chi connectivity index (χ4v) is 6.80. The summed E-state index contributed by atoms with van der Waals surface area (Å²) in [5.41, 5.74) is 3.57. The topological polar surface area (TPSA) is 26.3 Å². The van der Waals surface area contributed by atoms with Crippen molar-refractivity contribution < 1.29 is 26.8 Å². The van der Waals surface area contributed by atoms with Gasteiger partial charge < -0.3 is 22.0 Å². The highest BCUT2D eigenvalue weighted by Crippen LogP contribution is 2.28. The van der Waals surface area contributed by atoms with E-state index in [0.29, 0.717) is 13.0 Å². The Morgan fingerprint density at radius 3 is 1.68 bits per heavy atom. The molecular weight excluding hydrogens is 535 g/mol. The van der Waals surface area contributed by atoms with E-state index in [1.807, 2.05) is 6.92 Å². The smallest absolute Gasteiger partial charge is 0.466 e. The van der Waals surface area contributed by atoms with Crippen LogP contribution in [0.15, 0.2) is 52.3 Å². The van der Waals surface area contributed by atoms with Crippen LogP contribution in [0.5, 0.6) is 0 Å². The van der Waals surface area contributed by atoms with Crippen LogP contribution in [0.25, 0.3) is 0 Å². The van der Waals surface area contributed by atoms with Crippen molar-refractivity contribution in [1.29, 1.82) is 0 Å². The zero-order chi connectivity index (χ0) is 29.8. The molecule has 0 spiro atoms. The Labute approximate surface area is 243 Å². The Balaban J connectivity index is 0.00000146. The predicted molar refractivity (Wildman–Crippen MR) is 163 cm³/mol. The third-order valence-corrected chi connectivity index (χ3v) is 9.11. The number of rotatable bonds is 18. The van der Waals surface area contributed by atoms with Crippen molar-refractivity contribution in [3.63, 3.8) is 0 Å². The first-order chi connectivity index (χ1) is 19.0. The van der Waals surface area contributed by atoms with Gasteiger partial charge in [-0.2, -0.15) is 0 Å². The van der Waals surface area contributed by atoms with Crippen LogP contribution < -0.4 is 0 Å². The molecule has 0 saturated heterocycles. The highest BCUT2D eigenvalue weighted by molar-refractivity contribution is 7.97. The second-order valence-electron chi connectivity index (χ2n) is 10.4. The Morgan fingerprint density at radius 2 is 1.20 bits per heavy atom. The summed E-state index contributed by atoms with van der Waals surface area (Å²) < 4.78 is 44.1. The number of unbranched alkanes of at least 4 members (excludes halogenated alkanes) is 11. The summed E-state index contributed by atoms with van der Waals surface area (Å²) in [5, 5.41) is 0. The molecule has 0 N–H and O–H groups in total. The molecule has 1 unspecified atom stereocenters. The van der Waals surface area contributed by atoms with Gasteiger partial charge in [0, 0.05) is 0 Å². The quantitative estimate of drug-likeness (QED) is 0.0573. The maximum absolute atomic E-state index is 12.0. The van der Waals surface area contributed by atoms with Gasteiger partial charge in [-0.3, -0.25) is 4.79 Å². The molecule has 2 aromatic carbocycles. The molecule has 0 aliphatic carbocycles. The van der Waals surface area contributed by atoms with E-state index in [0.717, 1.165) is 5.56 Å². The summed E-state index contributed by atoms with van der Waals surface area (Å²) in [4.78, 5) is 14.8. The van der Waals surface area contributed by atoms with Crippen molar-refractivity contribution in [3.8, 4) is 0 Å². The molecule has 2 nitrogen and oxygen atoms in total. The fourth-order valence-electron chi connectivity index (χ4n) is 4.55. The number of carbonyl (C=O) groups excluding carboxylic acids is 1. The van der Waals surface area contributed by atoms with Gasteiger partial charge in [-0.15, -0.1) is 0 Å². The number of hydrogen-bond acceptors (Lipinski definition) is 2. The second kappa shape index (κ2) is 20.9. The summed E-state index contributed by atoms with van der Waals surface area (Å²) >= 11 is 0. The Bertz CT molecular complexity index is 945. The van der Waals surface area contributed by atoms with E-state index >= 15 is 0 Å². The molecule has 0 bridgehead atoms. The number of benzene rings is 2. The lowest BCUT2D eigenvalue weighted by Crippen LogP contribution is -2.11. The molecule has 40 heavy (non-hydrogen) atoms. The molecule has 2 rings (SSSR count). The van der Waals surface area contributed by atoms with Crippen molar-refractivity contribution in [2.45, 2.75) is 121 Å². The predicted octanol–water partition coefficient (Wildman–Crippen LogP) is 10.4. The van der Waals surface area contributed by atoms with Crippen molar-refractivity contribution in [1.82, 2.24) is 0 Å². The number of halogens is 4. The van der Waals surface area contributed by atoms with Gasteiger partial charge in [0.15, 0.2) is 9.79 Å². The van der Waals surface area contributed by atoms with Gasteiger partial charge in [0.25, 0.3) is 0 Å². The minimum absolute atomic E-state index is 0.0751. The number of hydrogen-bond donors (Lipinski definition) is 0. The normalized spacial score (nSPS) is 12.0. The van der Waals surface area contributed by atoms with E-state index < -0.39 is 7.25 Å². The van der Waals surface area contributed by atoms with E-state index in [-0.39, 0.29) is 16.9 Å². The minimum atomic E-state index is -6.00. The summed E-state index contributed by atoms with van der Waals surface area (Å²) in [6, 6.07) is 15.8. The van der Waals surface area contributed by atoms with Crippen LogP contribution in [0.2, 0.25) is 0 Å². The number of aryl methyl sites for hydroxylation is 2. The molecule has 2 aromatic rings. The molecule has 0 saturated carbocycles. The van der Waals surface area contributed by atoms with Gasteiger partial charge in [0.1, 0.15) is 5.75 Å². The summed E-state index contributed by atoms with van der Waals surface area (Å²) in [5.74, 6) is 1.06. The third-order valence-electron chi connectivity index (χ3n) is 6.75. The fraction of sp³-hybridized carbons (Fsp3) is 0.594. The van der Waals surface area contributed by atoms with Gasteiger partial charge in [-0.05, 0) is 69.0 Å². The standard InChI is InChI=1S/C32H49O2S.BF4/c1-5-7-8-9-10-11-12-13-14-15-16-17-24-35(30-21-18-27(3)19-22-30)31-23-20-29(28(4)25-31)26-32(33)34-6-2;2-1(3,4)5/h18-23,25H,5-17,24,26H2,1-4H3;/q+1;-1.